The van der Waals surface area contributed by atoms with Crippen LogP contribution in [0.5, 0.6) is 0 Å². The third-order valence-electron chi connectivity index (χ3n) is 10.3. The monoisotopic (exact) mass is 915 g/mol. The fourth-order valence-corrected chi connectivity index (χ4v) is 9.40. The fraction of sp³-hybridized carbons (Fsp3) is 0.292. The summed E-state index contributed by atoms with van der Waals surface area (Å²) < 4.78 is 47.8. The van der Waals surface area contributed by atoms with Gasteiger partial charge in [0.2, 0.25) is 0 Å². The zero-order valence-corrected chi connectivity index (χ0v) is 36.3. The van der Waals surface area contributed by atoms with Gasteiger partial charge in [0.15, 0.2) is 0 Å². The summed E-state index contributed by atoms with van der Waals surface area (Å²) in [4.78, 5) is 9.35. The van der Waals surface area contributed by atoms with Crippen LogP contribution in [-0.2, 0) is 25.5 Å². The topological polar surface area (TPSA) is 25.8 Å². The van der Waals surface area contributed by atoms with E-state index in [0.29, 0.717) is 23.0 Å². The molecule has 0 aliphatic heterocycles. The summed E-state index contributed by atoms with van der Waals surface area (Å²) in [7, 11) is -1.54. The van der Waals surface area contributed by atoms with Crippen LogP contribution in [-0.4, -0.2) is 18.0 Å². The number of benzene rings is 4. The van der Waals surface area contributed by atoms with E-state index in [1.807, 2.05) is 36.7 Å². The van der Waals surface area contributed by atoms with Crippen LogP contribution in [0.3, 0.4) is 0 Å². The van der Waals surface area contributed by atoms with Crippen molar-refractivity contribution in [3.05, 3.63) is 138 Å². The molecule has 0 bridgehead atoms. The Kier molecular flexibility index (Phi) is 10.1. The molecule has 4 aromatic carbocycles. The quantitative estimate of drug-likeness (QED) is 0.118. The minimum Gasteiger partial charge on any atom is -0.305 e. The van der Waals surface area contributed by atoms with Crippen LogP contribution in [0.25, 0.3) is 53.8 Å². The van der Waals surface area contributed by atoms with E-state index in [0.717, 1.165) is 33.6 Å². The number of pyridine rings is 2. The standard InChI is InChI=1S/C27H22NS.C21H30NSi.Ir/c1-17(2)20-14-15-28-25(16-20)24-9-5-8-23-22-7-4-6-21(26(22)29-27(23)24)19-12-10-18(3)11-13-19;1-15(2)21(4,5)18-13-19(17-11-9-16(3)10-12-17)22-14-20(18)23(6,7)8;/h4-8,10-17H,1-3H3;9-11,13-15H,1-8H3;/q2*-1;/i2*3D3;. The third-order valence-corrected chi connectivity index (χ3v) is 13.6. The van der Waals surface area contributed by atoms with Crippen molar-refractivity contribution in [3.63, 3.8) is 0 Å². The normalized spacial score (nSPS) is 14.0. The smallest absolute Gasteiger partial charge is 0.0799 e. The maximum absolute atomic E-state index is 7.63. The first-order valence-electron chi connectivity index (χ1n) is 21.0. The average molecular weight is 915 g/mol. The molecule has 0 amide bonds. The molecule has 275 valence electrons. The molecule has 5 heteroatoms. The second kappa shape index (κ2) is 16.3. The van der Waals surface area contributed by atoms with Gasteiger partial charge in [-0.05, 0) is 73.5 Å². The molecule has 0 N–H and O–H groups in total. The summed E-state index contributed by atoms with van der Waals surface area (Å²) in [6.07, 6.45) is 3.91. The van der Waals surface area contributed by atoms with E-state index >= 15 is 0 Å². The number of aromatic nitrogens is 2. The maximum atomic E-state index is 7.63. The van der Waals surface area contributed by atoms with E-state index in [2.05, 4.69) is 121 Å². The van der Waals surface area contributed by atoms with E-state index in [-0.39, 0.29) is 25.5 Å². The summed E-state index contributed by atoms with van der Waals surface area (Å²) in [6.45, 7) is 16.3. The summed E-state index contributed by atoms with van der Waals surface area (Å²) in [5, 5.41) is 3.77. The van der Waals surface area contributed by atoms with Gasteiger partial charge in [0.05, 0.1) is 8.07 Å². The summed E-state index contributed by atoms with van der Waals surface area (Å²) in [5.41, 5.74) is 9.09. The molecule has 3 aromatic heterocycles. The van der Waals surface area contributed by atoms with Gasteiger partial charge in [0.25, 0.3) is 0 Å². The van der Waals surface area contributed by atoms with Crippen LogP contribution in [0, 0.1) is 31.8 Å². The average Bonchev–Trinajstić information content (AvgIpc) is 3.56. The Bertz CT molecular complexity index is 2550. The van der Waals surface area contributed by atoms with Gasteiger partial charge in [0, 0.05) is 45.4 Å². The number of rotatable bonds is 7. The zero-order chi connectivity index (χ0) is 42.4. The van der Waals surface area contributed by atoms with Crippen LogP contribution < -0.4 is 5.19 Å². The minimum atomic E-state index is -2.10. The number of thiophene rings is 1. The number of nitrogens with zero attached hydrogens (tertiary/aromatic N) is 2. The first kappa shape index (κ1) is 32.7. The van der Waals surface area contributed by atoms with Crippen LogP contribution in [0.15, 0.2) is 103 Å². The van der Waals surface area contributed by atoms with Crippen molar-refractivity contribution in [2.75, 3.05) is 0 Å². The number of hydrogen-bond acceptors (Lipinski definition) is 3. The largest absolute Gasteiger partial charge is 0.305 e. The van der Waals surface area contributed by atoms with Crippen molar-refractivity contribution in [3.8, 4) is 33.6 Å². The van der Waals surface area contributed by atoms with Gasteiger partial charge in [-0.15, -0.1) is 59.2 Å². The molecule has 0 saturated heterocycles. The van der Waals surface area contributed by atoms with Crippen LogP contribution in [0.2, 0.25) is 19.6 Å². The molecule has 1 radical (unpaired) electrons. The van der Waals surface area contributed by atoms with Gasteiger partial charge in [-0.2, -0.15) is 11.3 Å². The molecule has 7 aromatic rings. The molecular formula is C48H52IrN2SSi-2. The van der Waals surface area contributed by atoms with Gasteiger partial charge in [-0.3, -0.25) is 0 Å². The van der Waals surface area contributed by atoms with E-state index in [9.17, 15) is 0 Å². The van der Waals surface area contributed by atoms with Gasteiger partial charge < -0.3 is 9.97 Å². The van der Waals surface area contributed by atoms with Crippen LogP contribution in [0.4, 0.5) is 0 Å². The van der Waals surface area contributed by atoms with Crippen molar-refractivity contribution in [2.45, 2.75) is 86.2 Å². The Morgan fingerprint density at radius 3 is 2.13 bits per heavy atom. The zero-order valence-electron chi connectivity index (χ0n) is 38.1. The Morgan fingerprint density at radius 2 is 1.49 bits per heavy atom. The molecule has 53 heavy (non-hydrogen) atoms. The Labute approximate surface area is 345 Å². The van der Waals surface area contributed by atoms with Crippen molar-refractivity contribution < 1.29 is 28.3 Å². The van der Waals surface area contributed by atoms with E-state index in [4.69, 9.17) is 13.2 Å². The Morgan fingerprint density at radius 1 is 0.774 bits per heavy atom. The molecule has 3 heterocycles. The molecule has 0 atom stereocenters. The Hall–Kier alpha value is -3.73. The first-order chi connectivity index (χ1) is 27.1. The van der Waals surface area contributed by atoms with Gasteiger partial charge in [-0.1, -0.05) is 139 Å². The van der Waals surface area contributed by atoms with E-state index in [1.54, 1.807) is 35.6 Å². The predicted octanol–water partition coefficient (Wildman–Crippen LogP) is 13.3. The van der Waals surface area contributed by atoms with E-state index < -0.39 is 21.8 Å². The number of fused-ring (bicyclic) bond motifs is 3. The molecule has 0 aliphatic rings. The SMILES string of the molecule is [2H]C([2H])([2H])c1c[c-]c(-c2cc(C(C)(C)C(C)C)c([Si](C)(C)C)cn2)cc1.[2H]C([2H])([2H])c1ccc(-c2cccc3c2sc2c(-c4cc(C(C)C)ccn4)[c-]ccc23)cc1.[Ir]. The van der Waals surface area contributed by atoms with Crippen molar-refractivity contribution in [1.29, 1.82) is 0 Å². The van der Waals surface area contributed by atoms with Crippen LogP contribution >= 0.6 is 11.3 Å². The summed E-state index contributed by atoms with van der Waals surface area (Å²) in [5.74, 6) is 0.928. The molecular weight excluding hydrogens is 857 g/mol. The van der Waals surface area contributed by atoms with Gasteiger partial charge in [0.1, 0.15) is 0 Å². The molecule has 0 aliphatic carbocycles. The van der Waals surface area contributed by atoms with Crippen LogP contribution in [0.1, 0.15) is 77.9 Å². The molecule has 0 spiro atoms. The summed E-state index contributed by atoms with van der Waals surface area (Å²) in [6, 6.07) is 35.6. The Balaban J connectivity index is 0.000000226. The molecule has 0 saturated carbocycles. The molecule has 2 nitrogen and oxygen atoms in total. The minimum absolute atomic E-state index is 0. The van der Waals surface area contributed by atoms with Gasteiger partial charge >= 0.3 is 0 Å². The van der Waals surface area contributed by atoms with Crippen molar-refractivity contribution in [1.82, 2.24) is 9.97 Å². The maximum Gasteiger partial charge on any atom is 0.0799 e. The number of aryl methyl sites for hydroxylation is 2. The van der Waals surface area contributed by atoms with Crippen molar-refractivity contribution >= 4 is 44.8 Å². The van der Waals surface area contributed by atoms with E-state index in [1.165, 1.54) is 36.5 Å². The summed E-state index contributed by atoms with van der Waals surface area (Å²) >= 11 is 1.75. The second-order valence-corrected chi connectivity index (χ2v) is 21.9. The third kappa shape index (κ3) is 8.65. The van der Waals surface area contributed by atoms with Gasteiger partial charge in [-0.25, -0.2) is 0 Å². The predicted molar refractivity (Wildman–Crippen MR) is 230 cm³/mol. The fourth-order valence-electron chi connectivity index (χ4n) is 6.40. The number of hydrogen-bond donors (Lipinski definition) is 0. The van der Waals surface area contributed by atoms with Crippen molar-refractivity contribution in [2.24, 2.45) is 5.92 Å². The molecule has 0 unspecified atom stereocenters. The molecule has 7 rings (SSSR count). The molecule has 0 fully saturated rings. The first-order valence-corrected chi connectivity index (χ1v) is 22.4. The second-order valence-electron chi connectivity index (χ2n) is 15.8.